The number of nitrogens with zero attached hydrogens (tertiary/aromatic N) is 2. The van der Waals surface area contributed by atoms with Crippen molar-refractivity contribution in [2.45, 2.75) is 26.3 Å². The van der Waals surface area contributed by atoms with Crippen LogP contribution in [0.2, 0.25) is 0 Å². The number of carbonyl (C=O) groups is 1. The fourth-order valence-electron chi connectivity index (χ4n) is 1.79. The minimum atomic E-state index is -0.231. The highest BCUT2D eigenvalue weighted by Crippen LogP contribution is 2.04. The van der Waals surface area contributed by atoms with Gasteiger partial charge in [-0.05, 0) is 12.0 Å². The van der Waals surface area contributed by atoms with Gasteiger partial charge < -0.3 is 5.32 Å². The van der Waals surface area contributed by atoms with Crippen molar-refractivity contribution in [3.63, 3.8) is 0 Å². The maximum absolute atomic E-state index is 11.8. The minimum absolute atomic E-state index is 0.231. The summed E-state index contributed by atoms with van der Waals surface area (Å²) in [6, 6.07) is 9.99. The molecule has 0 aliphatic carbocycles. The molecule has 3 N–H and O–H groups in total. The van der Waals surface area contributed by atoms with Crippen molar-refractivity contribution in [2.75, 3.05) is 11.9 Å². The van der Waals surface area contributed by atoms with Crippen molar-refractivity contribution < 1.29 is 4.79 Å². The lowest BCUT2D eigenvalue weighted by molar-refractivity contribution is 0.0932. The predicted molar refractivity (Wildman–Crippen MR) is 86.2 cm³/mol. The molecule has 1 aromatic heterocycles. The van der Waals surface area contributed by atoms with Crippen molar-refractivity contribution in [2.24, 2.45) is 0 Å². The van der Waals surface area contributed by atoms with Crippen LogP contribution in [0.25, 0.3) is 0 Å². The van der Waals surface area contributed by atoms with E-state index in [1.54, 1.807) is 0 Å². The third kappa shape index (κ3) is 5.14. The fraction of sp³-hybridized carbons (Fsp3) is 0.312. The normalized spacial score (nSPS) is 10.2. The van der Waals surface area contributed by atoms with E-state index in [4.69, 9.17) is 0 Å². The van der Waals surface area contributed by atoms with Crippen LogP contribution in [0, 0.1) is 0 Å². The number of hydrogen-bond donors (Lipinski definition) is 3. The van der Waals surface area contributed by atoms with Crippen LogP contribution in [0.4, 0.5) is 5.95 Å². The van der Waals surface area contributed by atoms with Gasteiger partial charge in [-0.25, -0.2) is 15.4 Å². The molecule has 6 heteroatoms. The van der Waals surface area contributed by atoms with E-state index < -0.39 is 0 Å². The first-order chi connectivity index (χ1) is 10.8. The Morgan fingerprint density at radius 1 is 1.14 bits per heavy atom. The number of aromatic nitrogens is 2. The summed E-state index contributed by atoms with van der Waals surface area (Å²) in [5.41, 5.74) is 7.07. The Bertz CT molecular complexity index is 571. The topological polar surface area (TPSA) is 78.9 Å². The average molecular weight is 299 g/mol. The number of benzene rings is 1. The molecule has 6 nitrogen and oxygen atoms in total. The summed E-state index contributed by atoms with van der Waals surface area (Å²) < 4.78 is 0. The molecule has 2 rings (SSSR count). The highest BCUT2D eigenvalue weighted by atomic mass is 16.2. The molecule has 0 aliphatic rings. The van der Waals surface area contributed by atoms with E-state index >= 15 is 0 Å². The Labute approximate surface area is 130 Å². The maximum atomic E-state index is 11.8. The summed E-state index contributed by atoms with van der Waals surface area (Å²) >= 11 is 0. The molecule has 1 aromatic carbocycles. The lowest BCUT2D eigenvalue weighted by Gasteiger charge is -2.07. The Morgan fingerprint density at radius 2 is 1.86 bits per heavy atom. The molecule has 2 aromatic rings. The van der Waals surface area contributed by atoms with Crippen molar-refractivity contribution in [1.29, 1.82) is 0 Å². The first-order valence-electron chi connectivity index (χ1n) is 7.42. The minimum Gasteiger partial charge on any atom is -0.350 e. The summed E-state index contributed by atoms with van der Waals surface area (Å²) in [6.07, 6.45) is 5.11. The van der Waals surface area contributed by atoms with E-state index in [0.29, 0.717) is 18.1 Å². The quantitative estimate of drug-likeness (QED) is 0.514. The van der Waals surface area contributed by atoms with Gasteiger partial charge in [-0.2, -0.15) is 0 Å². The van der Waals surface area contributed by atoms with Crippen LogP contribution in [-0.4, -0.2) is 22.4 Å². The molecule has 0 saturated carbocycles. The van der Waals surface area contributed by atoms with E-state index in [-0.39, 0.29) is 5.91 Å². The smallest absolute Gasteiger partial charge is 0.268 e. The first-order valence-corrected chi connectivity index (χ1v) is 7.42. The van der Waals surface area contributed by atoms with Gasteiger partial charge in [0, 0.05) is 25.5 Å². The van der Waals surface area contributed by atoms with Crippen LogP contribution in [0.15, 0.2) is 42.7 Å². The highest BCUT2D eigenvalue weighted by molar-refractivity contribution is 5.93. The fourth-order valence-corrected chi connectivity index (χ4v) is 1.79. The second-order valence-corrected chi connectivity index (χ2v) is 4.87. The summed E-state index contributed by atoms with van der Waals surface area (Å²) in [4.78, 5) is 20.1. The molecule has 0 saturated heterocycles. The van der Waals surface area contributed by atoms with Gasteiger partial charge in [0.2, 0.25) is 5.95 Å². The number of carbonyl (C=O) groups excluding carboxylic acids is 1. The van der Waals surface area contributed by atoms with Gasteiger partial charge in [0.25, 0.3) is 5.91 Å². The zero-order valence-corrected chi connectivity index (χ0v) is 12.7. The molecule has 1 heterocycles. The molecule has 0 atom stereocenters. The molecule has 116 valence electrons. The number of rotatable bonds is 8. The van der Waals surface area contributed by atoms with Gasteiger partial charge in [-0.15, -0.1) is 0 Å². The Morgan fingerprint density at radius 3 is 2.55 bits per heavy atom. The Balaban J connectivity index is 1.81. The van der Waals surface area contributed by atoms with E-state index in [9.17, 15) is 4.79 Å². The van der Waals surface area contributed by atoms with Gasteiger partial charge in [0.15, 0.2) is 0 Å². The third-order valence-corrected chi connectivity index (χ3v) is 3.06. The zero-order valence-electron chi connectivity index (χ0n) is 12.7. The molecule has 0 unspecified atom stereocenters. The molecule has 0 spiro atoms. The van der Waals surface area contributed by atoms with Crippen LogP contribution < -0.4 is 16.2 Å². The van der Waals surface area contributed by atoms with E-state index in [2.05, 4.69) is 33.1 Å². The molecule has 0 aliphatic heterocycles. The summed E-state index contributed by atoms with van der Waals surface area (Å²) in [5, 5.41) is 3.12. The number of nitrogens with one attached hydrogen (secondary N) is 3. The first kappa shape index (κ1) is 15.9. The molecular formula is C16H21N5O. The van der Waals surface area contributed by atoms with Crippen LogP contribution in [0.1, 0.15) is 35.7 Å². The largest absolute Gasteiger partial charge is 0.350 e. The van der Waals surface area contributed by atoms with Gasteiger partial charge >= 0.3 is 0 Å². The number of unbranched alkanes of at least 4 members (excludes halogenated alkanes) is 1. The van der Waals surface area contributed by atoms with E-state index in [1.165, 1.54) is 12.4 Å². The third-order valence-electron chi connectivity index (χ3n) is 3.06. The summed E-state index contributed by atoms with van der Waals surface area (Å²) in [6.45, 7) is 3.49. The van der Waals surface area contributed by atoms with Crippen molar-refractivity contribution in [1.82, 2.24) is 20.8 Å². The van der Waals surface area contributed by atoms with Gasteiger partial charge in [-0.1, -0.05) is 43.7 Å². The number of hydrazine groups is 1. The van der Waals surface area contributed by atoms with E-state index in [1.807, 2.05) is 30.3 Å². The lowest BCUT2D eigenvalue weighted by Crippen LogP contribution is -2.38. The standard InChI is InChI=1S/C16H21N5O/c1-2-3-9-20-21-15(22)14-11-18-16(19-12-14)17-10-13-7-5-4-6-8-13/h4-8,11-12,20H,2-3,9-10H2,1H3,(H,21,22)(H,17,18,19). The second-order valence-electron chi connectivity index (χ2n) is 4.87. The zero-order chi connectivity index (χ0) is 15.6. The van der Waals surface area contributed by atoms with Crippen LogP contribution in [0.5, 0.6) is 0 Å². The molecular weight excluding hydrogens is 278 g/mol. The van der Waals surface area contributed by atoms with E-state index in [0.717, 1.165) is 24.9 Å². The van der Waals surface area contributed by atoms with Gasteiger partial charge in [0.1, 0.15) is 0 Å². The number of hydrogen-bond acceptors (Lipinski definition) is 5. The second kappa shape index (κ2) is 8.74. The predicted octanol–water partition coefficient (Wildman–Crippen LogP) is 2.12. The highest BCUT2D eigenvalue weighted by Gasteiger charge is 2.06. The lowest BCUT2D eigenvalue weighted by atomic mass is 10.2. The molecule has 0 radical (unpaired) electrons. The molecule has 0 fully saturated rings. The Hall–Kier alpha value is -2.47. The van der Waals surface area contributed by atoms with Gasteiger partial charge in [0.05, 0.1) is 5.56 Å². The maximum Gasteiger partial charge on any atom is 0.268 e. The van der Waals surface area contributed by atoms with Gasteiger partial charge in [-0.3, -0.25) is 10.2 Å². The van der Waals surface area contributed by atoms with Crippen molar-refractivity contribution >= 4 is 11.9 Å². The SMILES string of the molecule is CCCCNNC(=O)c1cnc(NCc2ccccc2)nc1. The molecule has 22 heavy (non-hydrogen) atoms. The summed E-state index contributed by atoms with van der Waals surface area (Å²) in [7, 11) is 0. The van der Waals surface area contributed by atoms with Crippen molar-refractivity contribution in [3.8, 4) is 0 Å². The average Bonchev–Trinajstić information content (AvgIpc) is 2.58. The number of amides is 1. The number of anilines is 1. The molecule has 1 amide bonds. The van der Waals surface area contributed by atoms with Crippen LogP contribution in [0.3, 0.4) is 0 Å². The van der Waals surface area contributed by atoms with Crippen molar-refractivity contribution in [3.05, 3.63) is 53.9 Å². The Kier molecular flexibility index (Phi) is 6.32. The monoisotopic (exact) mass is 299 g/mol. The van der Waals surface area contributed by atoms with Crippen LogP contribution >= 0.6 is 0 Å². The molecule has 0 bridgehead atoms. The summed E-state index contributed by atoms with van der Waals surface area (Å²) in [5.74, 6) is 0.269. The van der Waals surface area contributed by atoms with Crippen LogP contribution in [-0.2, 0) is 6.54 Å².